The summed E-state index contributed by atoms with van der Waals surface area (Å²) >= 11 is 0. The van der Waals surface area contributed by atoms with Crippen LogP contribution in [0.1, 0.15) is 41.4 Å². The summed E-state index contributed by atoms with van der Waals surface area (Å²) in [4.78, 5) is 25.2. The van der Waals surface area contributed by atoms with Gasteiger partial charge in [-0.25, -0.2) is 13.2 Å². The maximum Gasteiger partial charge on any atom is 0.338 e. The standard InChI is InChI=1S/C26H28N2O5S/c1-3-28(4-2)34(31,32)23-17-11-16-22(18-23)26(30)33-19-24(29)27-25(20-12-7-5-8-13-20)21-14-9-6-10-15-21/h5-18,25H,3-4,19H2,1-2H3,(H,27,29). The largest absolute Gasteiger partial charge is 0.452 e. The first-order valence-electron chi connectivity index (χ1n) is 11.0. The van der Waals surface area contributed by atoms with E-state index in [1.54, 1.807) is 13.8 Å². The molecule has 0 aromatic heterocycles. The highest BCUT2D eigenvalue weighted by atomic mass is 32.2. The summed E-state index contributed by atoms with van der Waals surface area (Å²) < 4.78 is 32.0. The van der Waals surface area contributed by atoms with Crippen LogP contribution in [0.25, 0.3) is 0 Å². The summed E-state index contributed by atoms with van der Waals surface area (Å²) in [6, 6.07) is 24.2. The second-order valence-electron chi connectivity index (χ2n) is 7.52. The van der Waals surface area contributed by atoms with E-state index in [9.17, 15) is 18.0 Å². The van der Waals surface area contributed by atoms with Crippen LogP contribution in [0.4, 0.5) is 0 Å². The lowest BCUT2D eigenvalue weighted by molar-refractivity contribution is -0.124. The quantitative estimate of drug-likeness (QED) is 0.446. The van der Waals surface area contributed by atoms with Crippen molar-refractivity contribution in [3.8, 4) is 0 Å². The molecular weight excluding hydrogens is 452 g/mol. The number of sulfonamides is 1. The van der Waals surface area contributed by atoms with Gasteiger partial charge in [-0.2, -0.15) is 4.31 Å². The van der Waals surface area contributed by atoms with Crippen LogP contribution in [0.3, 0.4) is 0 Å². The SMILES string of the molecule is CCN(CC)S(=O)(=O)c1cccc(C(=O)OCC(=O)NC(c2ccccc2)c2ccccc2)c1. The molecule has 0 spiro atoms. The molecule has 3 aromatic carbocycles. The Kier molecular flexibility index (Phi) is 8.56. The van der Waals surface area contributed by atoms with Gasteiger partial charge in [-0.3, -0.25) is 4.79 Å². The zero-order valence-electron chi connectivity index (χ0n) is 19.2. The van der Waals surface area contributed by atoms with E-state index in [-0.39, 0.29) is 10.5 Å². The van der Waals surface area contributed by atoms with Crippen molar-refractivity contribution in [1.29, 1.82) is 0 Å². The van der Waals surface area contributed by atoms with E-state index >= 15 is 0 Å². The normalized spacial score (nSPS) is 11.4. The number of benzene rings is 3. The molecule has 0 aliphatic rings. The van der Waals surface area contributed by atoms with E-state index < -0.39 is 34.5 Å². The minimum atomic E-state index is -3.72. The highest BCUT2D eigenvalue weighted by molar-refractivity contribution is 7.89. The Balaban J connectivity index is 1.69. The molecular formula is C26H28N2O5S. The van der Waals surface area contributed by atoms with Crippen LogP contribution in [0.2, 0.25) is 0 Å². The van der Waals surface area contributed by atoms with Crippen molar-refractivity contribution in [3.05, 3.63) is 102 Å². The van der Waals surface area contributed by atoms with Gasteiger partial charge in [0, 0.05) is 13.1 Å². The van der Waals surface area contributed by atoms with E-state index in [1.807, 2.05) is 60.7 Å². The van der Waals surface area contributed by atoms with Gasteiger partial charge in [0.15, 0.2) is 6.61 Å². The van der Waals surface area contributed by atoms with Crippen LogP contribution < -0.4 is 5.32 Å². The molecule has 0 bridgehead atoms. The summed E-state index contributed by atoms with van der Waals surface area (Å²) in [5, 5.41) is 2.90. The number of carbonyl (C=O) groups excluding carboxylic acids is 2. The smallest absolute Gasteiger partial charge is 0.338 e. The number of hydrogen-bond donors (Lipinski definition) is 1. The third kappa shape index (κ3) is 6.09. The highest BCUT2D eigenvalue weighted by Crippen LogP contribution is 2.22. The molecule has 0 aliphatic carbocycles. The first-order valence-corrected chi connectivity index (χ1v) is 12.5. The molecule has 0 fully saturated rings. The Morgan fingerprint density at radius 1 is 0.853 bits per heavy atom. The molecule has 1 N–H and O–H groups in total. The van der Waals surface area contributed by atoms with Gasteiger partial charge < -0.3 is 10.1 Å². The molecule has 0 atom stereocenters. The lowest BCUT2D eigenvalue weighted by Crippen LogP contribution is -2.33. The summed E-state index contributed by atoms with van der Waals surface area (Å²) in [6.45, 7) is 3.63. The minimum Gasteiger partial charge on any atom is -0.452 e. The van der Waals surface area contributed by atoms with Crippen LogP contribution in [0, 0.1) is 0 Å². The van der Waals surface area contributed by atoms with Crippen molar-refractivity contribution in [2.24, 2.45) is 0 Å². The summed E-state index contributed by atoms with van der Waals surface area (Å²) in [6.07, 6.45) is 0. The van der Waals surface area contributed by atoms with E-state index in [0.717, 1.165) is 11.1 Å². The van der Waals surface area contributed by atoms with Gasteiger partial charge in [0.25, 0.3) is 5.91 Å². The maximum atomic E-state index is 12.7. The molecule has 0 radical (unpaired) electrons. The Labute approximate surface area is 200 Å². The first-order chi connectivity index (χ1) is 16.4. The number of nitrogens with zero attached hydrogens (tertiary/aromatic N) is 1. The van der Waals surface area contributed by atoms with Crippen LogP contribution in [-0.4, -0.2) is 44.3 Å². The average molecular weight is 481 g/mol. The Hall–Kier alpha value is -3.49. The fourth-order valence-electron chi connectivity index (χ4n) is 3.56. The topological polar surface area (TPSA) is 92.8 Å². The molecule has 3 rings (SSSR count). The number of nitrogens with one attached hydrogen (secondary N) is 1. The molecule has 0 aliphatic heterocycles. The van der Waals surface area contributed by atoms with Crippen molar-refractivity contribution in [2.45, 2.75) is 24.8 Å². The first kappa shape index (κ1) is 25.1. The maximum absolute atomic E-state index is 12.7. The molecule has 34 heavy (non-hydrogen) atoms. The zero-order chi connectivity index (χ0) is 24.6. The van der Waals surface area contributed by atoms with E-state index in [0.29, 0.717) is 13.1 Å². The molecule has 178 valence electrons. The molecule has 0 unspecified atom stereocenters. The van der Waals surface area contributed by atoms with Crippen molar-refractivity contribution in [1.82, 2.24) is 9.62 Å². The third-order valence-electron chi connectivity index (χ3n) is 5.32. The van der Waals surface area contributed by atoms with Gasteiger partial charge in [0.1, 0.15) is 0 Å². The number of esters is 1. The van der Waals surface area contributed by atoms with Gasteiger partial charge in [0.2, 0.25) is 10.0 Å². The zero-order valence-corrected chi connectivity index (χ0v) is 20.0. The fraction of sp³-hybridized carbons (Fsp3) is 0.231. The van der Waals surface area contributed by atoms with E-state index in [2.05, 4.69) is 5.32 Å². The highest BCUT2D eigenvalue weighted by Gasteiger charge is 2.23. The van der Waals surface area contributed by atoms with Crippen LogP contribution >= 0.6 is 0 Å². The predicted molar refractivity (Wildman–Crippen MR) is 130 cm³/mol. The fourth-order valence-corrected chi connectivity index (χ4v) is 5.07. The van der Waals surface area contributed by atoms with Gasteiger partial charge in [-0.1, -0.05) is 80.6 Å². The molecule has 8 heteroatoms. The summed E-state index contributed by atoms with van der Waals surface area (Å²) in [5.74, 6) is -1.25. The predicted octanol–water partition coefficient (Wildman–Crippen LogP) is 3.78. The van der Waals surface area contributed by atoms with Crippen LogP contribution in [0.15, 0.2) is 89.8 Å². The minimum absolute atomic E-state index is 0.00307. The Morgan fingerprint density at radius 2 is 1.41 bits per heavy atom. The Bertz CT molecular complexity index is 1170. The third-order valence-corrected chi connectivity index (χ3v) is 7.36. The molecule has 0 saturated heterocycles. The summed E-state index contributed by atoms with van der Waals surface area (Å²) in [7, 11) is -3.72. The lowest BCUT2D eigenvalue weighted by atomic mass is 9.99. The van der Waals surface area contributed by atoms with Crippen LogP contribution in [0.5, 0.6) is 0 Å². The van der Waals surface area contributed by atoms with Crippen molar-refractivity contribution in [3.63, 3.8) is 0 Å². The summed E-state index contributed by atoms with van der Waals surface area (Å²) in [5.41, 5.74) is 1.84. The number of carbonyl (C=O) groups is 2. The molecule has 0 heterocycles. The average Bonchev–Trinajstić information content (AvgIpc) is 2.87. The second-order valence-corrected chi connectivity index (χ2v) is 9.45. The van der Waals surface area contributed by atoms with E-state index in [1.165, 1.54) is 28.6 Å². The monoisotopic (exact) mass is 480 g/mol. The van der Waals surface area contributed by atoms with Crippen molar-refractivity contribution in [2.75, 3.05) is 19.7 Å². The van der Waals surface area contributed by atoms with Crippen LogP contribution in [-0.2, 0) is 19.6 Å². The number of hydrogen-bond acceptors (Lipinski definition) is 5. The number of ether oxygens (including phenoxy) is 1. The van der Waals surface area contributed by atoms with E-state index in [4.69, 9.17) is 4.74 Å². The molecule has 1 amide bonds. The lowest BCUT2D eigenvalue weighted by Gasteiger charge is -2.20. The molecule has 3 aromatic rings. The molecule has 0 saturated carbocycles. The van der Waals surface area contributed by atoms with Crippen molar-refractivity contribution < 1.29 is 22.7 Å². The van der Waals surface area contributed by atoms with Crippen molar-refractivity contribution >= 4 is 21.9 Å². The van der Waals surface area contributed by atoms with Gasteiger partial charge in [-0.05, 0) is 29.3 Å². The Morgan fingerprint density at radius 3 is 1.94 bits per heavy atom. The number of amides is 1. The van der Waals surface area contributed by atoms with Gasteiger partial charge >= 0.3 is 5.97 Å². The second kappa shape index (κ2) is 11.6. The van der Waals surface area contributed by atoms with Gasteiger partial charge in [-0.15, -0.1) is 0 Å². The van der Waals surface area contributed by atoms with Gasteiger partial charge in [0.05, 0.1) is 16.5 Å². The number of rotatable bonds is 10. The molecule has 7 nitrogen and oxygen atoms in total.